The second-order valence-electron chi connectivity index (χ2n) is 9.79. The minimum Gasteiger partial charge on any atom is -0.461 e. The summed E-state index contributed by atoms with van der Waals surface area (Å²) in [6.45, 7) is 2.12. The zero-order valence-corrected chi connectivity index (χ0v) is 25.0. The van der Waals surface area contributed by atoms with Crippen molar-refractivity contribution in [3.05, 3.63) is 12.2 Å². The van der Waals surface area contributed by atoms with Gasteiger partial charge in [-0.15, -0.1) is 0 Å². The van der Waals surface area contributed by atoms with E-state index >= 15 is 0 Å². The Morgan fingerprint density at radius 2 is 1.33 bits per heavy atom. The Bertz CT molecular complexity index is 685. The zero-order valence-electron chi connectivity index (χ0n) is 24.1. The lowest BCUT2D eigenvalue weighted by Gasteiger charge is -2.20. The number of phosphoric ester groups is 1. The van der Waals surface area contributed by atoms with Crippen molar-refractivity contribution in [1.29, 1.82) is 0 Å². The molecule has 1 unspecified atom stereocenters. The normalized spacial score (nSPS) is 14.7. The number of unbranched alkanes of at least 4 members (excludes halogenated alkanes) is 12. The molecular weight excluding hydrogens is 527 g/mol. The summed E-state index contributed by atoms with van der Waals surface area (Å²) in [4.78, 5) is 34.1. The van der Waals surface area contributed by atoms with Crippen LogP contribution < -0.4 is 0 Å². The number of hydrogen-bond acceptors (Lipinski definition) is 9. The van der Waals surface area contributed by atoms with E-state index in [2.05, 4.69) is 18.4 Å². The van der Waals surface area contributed by atoms with Gasteiger partial charge in [-0.25, -0.2) is 4.57 Å². The fourth-order valence-electron chi connectivity index (χ4n) is 3.62. The maximum absolute atomic E-state index is 12.2. The van der Waals surface area contributed by atoms with Crippen LogP contribution >= 0.6 is 7.82 Å². The minimum atomic E-state index is -4.59. The maximum atomic E-state index is 12.2. The lowest BCUT2D eigenvalue weighted by molar-refractivity contribution is -0.160. The lowest BCUT2D eigenvalue weighted by atomic mass is 10.1. The van der Waals surface area contributed by atoms with Gasteiger partial charge in [0.05, 0.1) is 26.2 Å². The molecule has 0 rings (SSSR count). The molecule has 0 saturated carbocycles. The molecule has 230 valence electrons. The largest absolute Gasteiger partial charge is 0.472 e. The number of hydrogen-bond donors (Lipinski definition) is 3. The molecule has 0 bridgehead atoms. The van der Waals surface area contributed by atoms with Crippen molar-refractivity contribution in [3.8, 4) is 0 Å². The zero-order chi connectivity index (χ0) is 29.2. The van der Waals surface area contributed by atoms with Crippen LogP contribution in [0.2, 0.25) is 0 Å². The van der Waals surface area contributed by atoms with Crippen LogP contribution in [0.4, 0.5) is 0 Å². The highest BCUT2D eigenvalue weighted by atomic mass is 31.2. The van der Waals surface area contributed by atoms with E-state index in [1.54, 1.807) is 6.08 Å². The fourth-order valence-corrected chi connectivity index (χ4v) is 4.41. The molecule has 0 aliphatic carbocycles. The third-order valence-electron chi connectivity index (χ3n) is 5.95. The van der Waals surface area contributed by atoms with E-state index < -0.39 is 51.8 Å². The second kappa shape index (κ2) is 25.7. The second-order valence-corrected chi connectivity index (χ2v) is 11.2. The first-order valence-electron chi connectivity index (χ1n) is 14.6. The number of carbonyl (C=O) groups is 2. The summed E-state index contributed by atoms with van der Waals surface area (Å²) in [5.74, 6) is -1.04. The molecule has 0 heterocycles. The van der Waals surface area contributed by atoms with E-state index in [-0.39, 0.29) is 19.4 Å². The van der Waals surface area contributed by atoms with E-state index in [1.807, 2.05) is 6.08 Å². The summed E-state index contributed by atoms with van der Waals surface area (Å²) in [5, 5.41) is 18.1. The predicted octanol–water partition coefficient (Wildman–Crippen LogP) is 5.77. The van der Waals surface area contributed by atoms with Crippen molar-refractivity contribution < 1.29 is 47.8 Å². The Labute approximate surface area is 235 Å². The number of ether oxygens (including phenoxy) is 2. The van der Waals surface area contributed by atoms with Crippen LogP contribution in [-0.4, -0.2) is 65.7 Å². The number of allylic oxidation sites excluding steroid dienone is 1. The molecule has 0 amide bonds. The van der Waals surface area contributed by atoms with Gasteiger partial charge in [0, 0.05) is 6.42 Å². The average Bonchev–Trinajstić information content (AvgIpc) is 2.91. The van der Waals surface area contributed by atoms with Crippen LogP contribution in [0.25, 0.3) is 0 Å². The van der Waals surface area contributed by atoms with E-state index in [0.717, 1.165) is 32.1 Å². The van der Waals surface area contributed by atoms with Gasteiger partial charge in [0.1, 0.15) is 12.7 Å². The van der Waals surface area contributed by atoms with Gasteiger partial charge < -0.3 is 24.6 Å². The molecule has 0 aromatic heterocycles. The molecule has 0 spiro atoms. The van der Waals surface area contributed by atoms with Crippen LogP contribution in [0.5, 0.6) is 0 Å². The first kappa shape index (κ1) is 37.7. The molecule has 39 heavy (non-hydrogen) atoms. The van der Waals surface area contributed by atoms with Crippen LogP contribution in [0.3, 0.4) is 0 Å². The van der Waals surface area contributed by atoms with Gasteiger partial charge in [0.25, 0.3) is 0 Å². The average molecular weight is 581 g/mol. The van der Waals surface area contributed by atoms with Gasteiger partial charge >= 0.3 is 19.8 Å². The van der Waals surface area contributed by atoms with Gasteiger partial charge in [-0.3, -0.25) is 18.6 Å². The van der Waals surface area contributed by atoms with E-state index in [4.69, 9.17) is 19.1 Å². The SMILES string of the molecule is CCCCCCCCCCC/C=C\CC(=O)OC[C@H](COP(=O)(O)OC[C@@H](O)CO)OC(=O)CCCCCC. The summed E-state index contributed by atoms with van der Waals surface area (Å²) in [5.41, 5.74) is 0. The molecule has 0 saturated heterocycles. The Morgan fingerprint density at radius 3 is 1.95 bits per heavy atom. The Morgan fingerprint density at radius 1 is 0.769 bits per heavy atom. The van der Waals surface area contributed by atoms with Gasteiger partial charge in [0.2, 0.25) is 0 Å². The molecule has 3 atom stereocenters. The Hall–Kier alpha value is -1.29. The molecule has 0 aliphatic heterocycles. The van der Waals surface area contributed by atoms with Crippen molar-refractivity contribution in [1.82, 2.24) is 0 Å². The number of esters is 2. The molecular formula is C28H53O10P. The molecule has 0 fully saturated rings. The Kier molecular flexibility index (Phi) is 24.8. The summed E-state index contributed by atoms with van der Waals surface area (Å²) >= 11 is 0. The number of carbonyl (C=O) groups excluding carboxylic acids is 2. The molecule has 0 aromatic carbocycles. The highest BCUT2D eigenvalue weighted by molar-refractivity contribution is 7.47. The highest BCUT2D eigenvalue weighted by Crippen LogP contribution is 2.43. The van der Waals surface area contributed by atoms with Crippen molar-refractivity contribution in [2.24, 2.45) is 0 Å². The Balaban J connectivity index is 4.42. The molecule has 10 nitrogen and oxygen atoms in total. The van der Waals surface area contributed by atoms with E-state index in [9.17, 15) is 24.2 Å². The quantitative estimate of drug-likeness (QED) is 0.0473. The highest BCUT2D eigenvalue weighted by Gasteiger charge is 2.27. The molecule has 11 heteroatoms. The van der Waals surface area contributed by atoms with Crippen LogP contribution in [0, 0.1) is 0 Å². The number of phosphoric acid groups is 1. The summed E-state index contributed by atoms with van der Waals surface area (Å²) in [6, 6.07) is 0. The smallest absolute Gasteiger partial charge is 0.461 e. The first-order valence-corrected chi connectivity index (χ1v) is 16.1. The fraction of sp³-hybridized carbons (Fsp3) is 0.857. The number of aliphatic hydroxyl groups excluding tert-OH is 2. The van der Waals surface area contributed by atoms with Gasteiger partial charge in [0.15, 0.2) is 6.10 Å². The van der Waals surface area contributed by atoms with Crippen LogP contribution in [-0.2, 0) is 32.7 Å². The van der Waals surface area contributed by atoms with Crippen molar-refractivity contribution in [3.63, 3.8) is 0 Å². The van der Waals surface area contributed by atoms with Crippen LogP contribution in [0.15, 0.2) is 12.2 Å². The van der Waals surface area contributed by atoms with Gasteiger partial charge in [-0.2, -0.15) is 0 Å². The van der Waals surface area contributed by atoms with Crippen LogP contribution in [0.1, 0.15) is 117 Å². The summed E-state index contributed by atoms with van der Waals surface area (Å²) in [7, 11) is -4.59. The standard InChI is InChI=1S/C28H53O10P/c1-3-5-7-9-10-11-12-13-14-15-16-18-19-27(31)35-23-26(38-28(32)20-17-8-6-4-2)24-37-39(33,34)36-22-25(30)21-29/h16,18,25-26,29-30H,3-15,17,19-24H2,1-2H3,(H,33,34)/b18-16-/t25-,26+/m0/s1. The van der Waals surface area contributed by atoms with E-state index in [0.29, 0.717) is 6.42 Å². The van der Waals surface area contributed by atoms with Crippen molar-refractivity contribution in [2.75, 3.05) is 26.4 Å². The monoisotopic (exact) mass is 580 g/mol. The summed E-state index contributed by atoms with van der Waals surface area (Å²) in [6.07, 6.45) is 17.2. The third-order valence-corrected chi connectivity index (χ3v) is 6.90. The van der Waals surface area contributed by atoms with Crippen molar-refractivity contribution in [2.45, 2.75) is 129 Å². The topological polar surface area (TPSA) is 149 Å². The molecule has 3 N–H and O–H groups in total. The first-order chi connectivity index (χ1) is 18.7. The van der Waals surface area contributed by atoms with Gasteiger partial charge in [-0.1, -0.05) is 96.6 Å². The van der Waals surface area contributed by atoms with Gasteiger partial charge in [-0.05, 0) is 19.3 Å². The summed E-state index contributed by atoms with van der Waals surface area (Å²) < 4.78 is 32.0. The molecule has 0 radical (unpaired) electrons. The molecule has 0 aromatic rings. The number of rotatable bonds is 27. The molecule has 0 aliphatic rings. The van der Waals surface area contributed by atoms with E-state index in [1.165, 1.54) is 51.4 Å². The predicted molar refractivity (Wildman–Crippen MR) is 150 cm³/mol. The number of aliphatic hydroxyl groups is 2. The third kappa shape index (κ3) is 25.4. The minimum absolute atomic E-state index is 0.0661. The lowest BCUT2D eigenvalue weighted by Crippen LogP contribution is -2.29. The van der Waals surface area contributed by atoms with Crippen molar-refractivity contribution >= 4 is 19.8 Å². The maximum Gasteiger partial charge on any atom is 0.472 e.